The highest BCUT2D eigenvalue weighted by molar-refractivity contribution is 5.85. The number of rotatable bonds is 8. The van der Waals surface area contributed by atoms with Crippen molar-refractivity contribution in [2.24, 2.45) is 0 Å². The van der Waals surface area contributed by atoms with Crippen LogP contribution in [0.4, 0.5) is 17.1 Å². The Labute approximate surface area is 328 Å². The van der Waals surface area contributed by atoms with Crippen LogP contribution < -0.4 is 4.90 Å². The number of nitrogens with zero attached hydrogens (tertiary/aromatic N) is 1. The number of benzene rings is 5. The Morgan fingerprint density at radius 3 is 1.69 bits per heavy atom. The molecular weight excluding hydrogens is 651 g/mol. The molecule has 1 aliphatic rings. The zero-order chi connectivity index (χ0) is 39.6. The fraction of sp³-hybridized carbons (Fsp3) is 0.245. The maximum Gasteiger partial charge on any atom is 0.0467 e. The predicted molar refractivity (Wildman–Crippen MR) is 243 cm³/mol. The molecule has 0 N–H and O–H groups in total. The summed E-state index contributed by atoms with van der Waals surface area (Å²) in [5.41, 5.74) is 18.9. The van der Waals surface area contributed by atoms with Gasteiger partial charge in [0, 0.05) is 17.1 Å². The zero-order valence-electron chi connectivity index (χ0n) is 34.9. The summed E-state index contributed by atoms with van der Waals surface area (Å²) in [5.74, 6) is 0. The van der Waals surface area contributed by atoms with E-state index in [1.54, 1.807) is 0 Å². The van der Waals surface area contributed by atoms with E-state index in [2.05, 4.69) is 200 Å². The van der Waals surface area contributed by atoms with Crippen LogP contribution in [0.15, 0.2) is 163 Å². The van der Waals surface area contributed by atoms with Crippen molar-refractivity contribution < 1.29 is 0 Å². The lowest BCUT2D eigenvalue weighted by Gasteiger charge is -2.27. The third-order valence-electron chi connectivity index (χ3n) is 9.50. The average Bonchev–Trinajstić information content (AvgIpc) is 3.21. The molecule has 0 radical (unpaired) electrons. The molecular formula is C53H63N. The normalized spacial score (nSPS) is 12.4. The van der Waals surface area contributed by atoms with Gasteiger partial charge in [-0.15, -0.1) is 0 Å². The molecule has 0 spiro atoms. The minimum Gasteiger partial charge on any atom is -0.310 e. The number of aryl methyl sites for hydroxylation is 4. The van der Waals surface area contributed by atoms with Crippen LogP contribution >= 0.6 is 0 Å². The molecule has 0 amide bonds. The van der Waals surface area contributed by atoms with Gasteiger partial charge in [0.2, 0.25) is 0 Å². The predicted octanol–water partition coefficient (Wildman–Crippen LogP) is 16.5. The van der Waals surface area contributed by atoms with E-state index in [9.17, 15) is 0 Å². The van der Waals surface area contributed by atoms with Gasteiger partial charge >= 0.3 is 0 Å². The molecule has 0 saturated carbocycles. The van der Waals surface area contributed by atoms with Crippen molar-refractivity contribution in [3.8, 4) is 11.1 Å². The number of anilines is 3. The van der Waals surface area contributed by atoms with Crippen molar-refractivity contribution in [1.82, 2.24) is 0 Å². The molecule has 0 aliphatic heterocycles. The highest BCUT2D eigenvalue weighted by Gasteiger charge is 2.16. The molecule has 0 aromatic heterocycles. The van der Waals surface area contributed by atoms with Gasteiger partial charge < -0.3 is 4.90 Å². The van der Waals surface area contributed by atoms with Gasteiger partial charge in [0.25, 0.3) is 0 Å². The molecule has 0 heterocycles. The lowest BCUT2D eigenvalue weighted by molar-refractivity contribution is 0.967. The van der Waals surface area contributed by atoms with Crippen molar-refractivity contribution >= 4 is 28.2 Å². The summed E-state index contributed by atoms with van der Waals surface area (Å²) in [6.45, 7) is 27.0. The van der Waals surface area contributed by atoms with Crippen LogP contribution in [0.5, 0.6) is 0 Å². The summed E-state index contributed by atoms with van der Waals surface area (Å²) in [6.07, 6.45) is 13.1. The Balaban J connectivity index is 0.000000361. The largest absolute Gasteiger partial charge is 0.310 e. The standard InChI is InChI=1S/C35H35N.C14H16.2C2H6/c1-7-9-34(27(5)8-2)35-24-33(21-14-28(35)6)36(31-19-12-26(4)13-20-31)32-22-17-30(18-23-32)29-15-10-25(3)11-16-29;1-11-7-3-5-9-13(11)14-10-6-4-8-12(14)2;2*1-2/h7-24H,2H2,1,3-6H3;3,5-7,9-10H,4,8H2,1-2H3;2*1-2H3/b9-7-,34-27+;;;. The van der Waals surface area contributed by atoms with Crippen LogP contribution in [-0.2, 0) is 0 Å². The van der Waals surface area contributed by atoms with E-state index in [0.717, 1.165) is 22.6 Å². The molecule has 5 aromatic rings. The van der Waals surface area contributed by atoms with Crippen molar-refractivity contribution in [3.05, 3.63) is 197 Å². The molecule has 280 valence electrons. The first-order chi connectivity index (χ1) is 26.2. The van der Waals surface area contributed by atoms with Crippen molar-refractivity contribution in [2.45, 2.75) is 89.0 Å². The molecule has 0 unspecified atom stereocenters. The summed E-state index contributed by atoms with van der Waals surface area (Å²) >= 11 is 0. The van der Waals surface area contributed by atoms with E-state index in [-0.39, 0.29) is 0 Å². The molecule has 1 heteroatoms. The summed E-state index contributed by atoms with van der Waals surface area (Å²) in [6, 6.07) is 41.6. The Bertz CT molecular complexity index is 2050. The Morgan fingerprint density at radius 2 is 1.15 bits per heavy atom. The lowest BCUT2D eigenvalue weighted by Crippen LogP contribution is -2.10. The smallest absolute Gasteiger partial charge is 0.0467 e. The van der Waals surface area contributed by atoms with Crippen LogP contribution in [0, 0.1) is 27.7 Å². The molecule has 0 atom stereocenters. The number of hydrogen-bond donors (Lipinski definition) is 0. The fourth-order valence-corrected chi connectivity index (χ4v) is 6.41. The van der Waals surface area contributed by atoms with Crippen molar-refractivity contribution in [3.63, 3.8) is 0 Å². The third-order valence-corrected chi connectivity index (χ3v) is 9.50. The maximum atomic E-state index is 4.02. The van der Waals surface area contributed by atoms with Gasteiger partial charge in [-0.2, -0.15) is 0 Å². The van der Waals surface area contributed by atoms with Gasteiger partial charge in [0.15, 0.2) is 0 Å². The number of allylic oxidation sites excluding steroid dienone is 9. The van der Waals surface area contributed by atoms with Gasteiger partial charge in [-0.3, -0.25) is 0 Å². The molecule has 0 fully saturated rings. The quantitative estimate of drug-likeness (QED) is 0.145. The fourth-order valence-electron chi connectivity index (χ4n) is 6.41. The topological polar surface area (TPSA) is 3.24 Å². The lowest BCUT2D eigenvalue weighted by atomic mass is 9.91. The second-order valence-electron chi connectivity index (χ2n) is 13.3. The summed E-state index contributed by atoms with van der Waals surface area (Å²) in [4.78, 5) is 2.33. The first-order valence-corrected chi connectivity index (χ1v) is 19.7. The van der Waals surface area contributed by atoms with Gasteiger partial charge in [-0.25, -0.2) is 0 Å². The van der Waals surface area contributed by atoms with E-state index < -0.39 is 0 Å². The summed E-state index contributed by atoms with van der Waals surface area (Å²) in [5, 5.41) is 0. The molecule has 0 bridgehead atoms. The summed E-state index contributed by atoms with van der Waals surface area (Å²) in [7, 11) is 0. The van der Waals surface area contributed by atoms with E-state index in [0.29, 0.717) is 0 Å². The van der Waals surface area contributed by atoms with Crippen LogP contribution in [0.2, 0.25) is 0 Å². The van der Waals surface area contributed by atoms with Crippen LogP contribution in [0.1, 0.15) is 94.7 Å². The SMILES string of the molecule is C=C/C(C)=C(\C=C/C)c1cc(N(c2ccc(C)cc2)c2ccc(-c3ccc(C)cc3)cc2)ccc1C.CC.CC.CC1=C(c2ccccc2C)C=CCC1. The average molecular weight is 714 g/mol. The van der Waals surface area contributed by atoms with E-state index >= 15 is 0 Å². The molecule has 1 aliphatic carbocycles. The van der Waals surface area contributed by atoms with E-state index in [4.69, 9.17) is 0 Å². The first-order valence-electron chi connectivity index (χ1n) is 19.7. The zero-order valence-corrected chi connectivity index (χ0v) is 34.9. The highest BCUT2D eigenvalue weighted by atomic mass is 15.1. The Kier molecular flexibility index (Phi) is 17.5. The Hall–Kier alpha value is -5.40. The third kappa shape index (κ3) is 11.3. The van der Waals surface area contributed by atoms with Crippen molar-refractivity contribution in [2.75, 3.05) is 4.90 Å². The molecule has 1 nitrogen and oxygen atoms in total. The van der Waals surface area contributed by atoms with Gasteiger partial charge in [0.05, 0.1) is 0 Å². The van der Waals surface area contributed by atoms with Gasteiger partial charge in [0.1, 0.15) is 0 Å². The Morgan fingerprint density at radius 1 is 0.630 bits per heavy atom. The van der Waals surface area contributed by atoms with Gasteiger partial charge in [-0.1, -0.05) is 160 Å². The molecule has 5 aromatic carbocycles. The van der Waals surface area contributed by atoms with Crippen LogP contribution in [-0.4, -0.2) is 0 Å². The maximum absolute atomic E-state index is 4.02. The second kappa shape index (κ2) is 22.0. The second-order valence-corrected chi connectivity index (χ2v) is 13.3. The molecule has 6 rings (SSSR count). The van der Waals surface area contributed by atoms with Crippen LogP contribution in [0.25, 0.3) is 22.3 Å². The molecule has 0 saturated heterocycles. The highest BCUT2D eigenvalue weighted by Crippen LogP contribution is 2.38. The number of hydrogen-bond acceptors (Lipinski definition) is 1. The van der Waals surface area contributed by atoms with Crippen LogP contribution in [0.3, 0.4) is 0 Å². The van der Waals surface area contributed by atoms with E-state index in [1.807, 2.05) is 33.8 Å². The minimum atomic E-state index is 1.13. The van der Waals surface area contributed by atoms with Gasteiger partial charge in [-0.05, 0) is 148 Å². The van der Waals surface area contributed by atoms with E-state index in [1.165, 1.54) is 74.1 Å². The van der Waals surface area contributed by atoms with Crippen molar-refractivity contribution in [1.29, 1.82) is 0 Å². The summed E-state index contributed by atoms with van der Waals surface area (Å²) < 4.78 is 0. The monoisotopic (exact) mass is 713 g/mol. The minimum absolute atomic E-state index is 1.13. The molecule has 54 heavy (non-hydrogen) atoms. The first kappa shape index (κ1) is 43.0.